The Balaban J connectivity index is 0.000000214. The van der Waals surface area contributed by atoms with E-state index in [1.807, 2.05) is 48.5 Å². The number of hydrogen-bond acceptors (Lipinski definition) is 6. The monoisotopic (exact) mass is 1800 g/mol. The molecular formula is C111H144Fe4O6. The third-order valence-corrected chi connectivity index (χ3v) is 28.2. The van der Waals surface area contributed by atoms with E-state index < -0.39 is 0 Å². The summed E-state index contributed by atoms with van der Waals surface area (Å²) in [5.41, 5.74) is 23.2. The van der Waals surface area contributed by atoms with E-state index in [-0.39, 0.29) is 83.1 Å². The SMILES string of the molecule is C1CCCC1.CC(CC1CCCC1)C(=C(c1ccc(O)cc1)c1ccc(O)cc1)C1CCCC1.Cc1ccc(C(=C(CCC2CCCC2)C2CCCC2)c2ccccc2)cc1.Oc1ccc(C(=C(CCCCC2CCCC2)C2CCCC2)c2ccc(O)cc2)cc1.Oc1ccc(C(=C2CCCC3CCCC23)c2ccc(O)cc2)cc1.[CH3-].[CH3-].[Fe+2].[Fe].[Fe].[Fe]. The summed E-state index contributed by atoms with van der Waals surface area (Å²) in [6.07, 6.45) is 57.6. The summed E-state index contributed by atoms with van der Waals surface area (Å²) < 4.78 is 0. The second-order valence-electron chi connectivity index (χ2n) is 36.3. The second-order valence-corrected chi connectivity index (χ2v) is 36.3. The first-order chi connectivity index (χ1) is 56.3. The maximum Gasteiger partial charge on any atom is 2.00 e. The van der Waals surface area contributed by atoms with Gasteiger partial charge in [0.05, 0.1) is 0 Å². The van der Waals surface area contributed by atoms with Crippen molar-refractivity contribution in [3.8, 4) is 34.5 Å². The number of unbranched alkanes of at least 4 members (excludes halogenated alkanes) is 1. The molecule has 0 radical (unpaired) electrons. The Morgan fingerprint density at radius 1 is 0.306 bits per heavy atom. The van der Waals surface area contributed by atoms with Crippen molar-refractivity contribution < 1.29 is 98.9 Å². The van der Waals surface area contributed by atoms with Crippen LogP contribution in [0, 0.1) is 75.0 Å². The van der Waals surface area contributed by atoms with Gasteiger partial charge >= 0.3 is 17.1 Å². The zero-order valence-electron chi connectivity index (χ0n) is 73.5. The van der Waals surface area contributed by atoms with E-state index in [1.165, 1.54) is 324 Å². The summed E-state index contributed by atoms with van der Waals surface area (Å²) in [5.74, 6) is 8.84. The molecule has 3 unspecified atom stereocenters. The van der Waals surface area contributed by atoms with Crippen LogP contribution in [-0.2, 0) is 68.3 Å². The molecule has 9 aliphatic carbocycles. The molecule has 656 valence electrons. The fraction of sp³-hybridized carbons (Fsp3) is 0.477. The van der Waals surface area contributed by atoms with E-state index >= 15 is 0 Å². The Kier molecular flexibility index (Phi) is 44.7. The Morgan fingerprint density at radius 2 is 0.628 bits per heavy atom. The zero-order chi connectivity index (χ0) is 79.5. The van der Waals surface area contributed by atoms with Gasteiger partial charge in [0.15, 0.2) is 0 Å². The van der Waals surface area contributed by atoms with Gasteiger partial charge < -0.3 is 45.5 Å². The van der Waals surface area contributed by atoms with Gasteiger partial charge in [-0.1, -0.05) is 329 Å². The van der Waals surface area contributed by atoms with Gasteiger partial charge in [-0.3, -0.25) is 0 Å². The fourth-order valence-corrected chi connectivity index (χ4v) is 22.3. The molecule has 6 nitrogen and oxygen atoms in total. The van der Waals surface area contributed by atoms with E-state index in [2.05, 4.69) is 92.7 Å². The molecule has 9 fully saturated rings. The minimum atomic E-state index is 0. The number of aromatic hydroxyl groups is 6. The first-order valence-electron chi connectivity index (χ1n) is 46.2. The number of phenolic OH excluding ortho intramolecular Hbond substituents is 6. The predicted octanol–water partition coefficient (Wildman–Crippen LogP) is 31.4. The molecule has 9 aliphatic rings. The third kappa shape index (κ3) is 29.6. The van der Waals surface area contributed by atoms with Crippen LogP contribution < -0.4 is 0 Å². The topological polar surface area (TPSA) is 121 Å². The summed E-state index contributed by atoms with van der Waals surface area (Å²) in [5, 5.41) is 58.7. The van der Waals surface area contributed by atoms with Gasteiger partial charge in [0.1, 0.15) is 34.5 Å². The molecule has 8 aromatic carbocycles. The molecule has 0 spiro atoms. The number of benzene rings is 8. The minimum Gasteiger partial charge on any atom is -0.508 e. The molecule has 0 aromatic heterocycles. The Morgan fingerprint density at radius 3 is 1.03 bits per heavy atom. The van der Waals surface area contributed by atoms with Crippen LogP contribution in [0.5, 0.6) is 34.5 Å². The Labute approximate surface area is 773 Å². The largest absolute Gasteiger partial charge is 2.00 e. The van der Waals surface area contributed by atoms with Gasteiger partial charge in [-0.05, 0) is 303 Å². The van der Waals surface area contributed by atoms with Crippen LogP contribution in [0.3, 0.4) is 0 Å². The molecule has 9 saturated carbocycles. The van der Waals surface area contributed by atoms with Crippen molar-refractivity contribution >= 4 is 22.3 Å². The molecule has 6 N–H and O–H groups in total. The van der Waals surface area contributed by atoms with Crippen molar-refractivity contribution in [1.82, 2.24) is 0 Å². The van der Waals surface area contributed by atoms with Crippen LogP contribution in [0.1, 0.15) is 327 Å². The van der Waals surface area contributed by atoms with Crippen molar-refractivity contribution in [3.05, 3.63) is 287 Å². The second kappa shape index (κ2) is 53.2. The average molecular weight is 1800 g/mol. The number of allylic oxidation sites excluding steroid dienone is 4. The molecule has 10 heteroatoms. The molecule has 0 amide bonds. The molecule has 3 atom stereocenters. The maximum atomic E-state index is 9.85. The fourth-order valence-electron chi connectivity index (χ4n) is 22.3. The van der Waals surface area contributed by atoms with Crippen molar-refractivity contribution in [2.75, 3.05) is 0 Å². The first kappa shape index (κ1) is 102. The van der Waals surface area contributed by atoms with Crippen LogP contribution in [0.2, 0.25) is 0 Å². The van der Waals surface area contributed by atoms with E-state index in [0.29, 0.717) is 58.2 Å². The van der Waals surface area contributed by atoms with Crippen LogP contribution in [-0.4, -0.2) is 30.6 Å². The molecule has 8 aromatic rings. The molecule has 0 saturated heterocycles. The molecule has 0 bridgehead atoms. The van der Waals surface area contributed by atoms with E-state index in [9.17, 15) is 30.6 Å². The third-order valence-electron chi connectivity index (χ3n) is 28.2. The van der Waals surface area contributed by atoms with Gasteiger partial charge in [0.2, 0.25) is 0 Å². The van der Waals surface area contributed by atoms with Gasteiger partial charge in [0, 0.05) is 51.2 Å². The van der Waals surface area contributed by atoms with Crippen molar-refractivity contribution in [3.63, 3.8) is 0 Å². The van der Waals surface area contributed by atoms with Gasteiger partial charge in [-0.2, -0.15) is 0 Å². The molecular weight excluding hydrogens is 1650 g/mol. The van der Waals surface area contributed by atoms with E-state index in [4.69, 9.17) is 0 Å². The average Bonchev–Trinajstić information content (AvgIpc) is 1.77. The van der Waals surface area contributed by atoms with Crippen LogP contribution in [0.15, 0.2) is 222 Å². The van der Waals surface area contributed by atoms with Crippen molar-refractivity contribution in [1.29, 1.82) is 0 Å². The van der Waals surface area contributed by atoms with Crippen LogP contribution in [0.4, 0.5) is 0 Å². The summed E-state index contributed by atoms with van der Waals surface area (Å²) in [7, 11) is 0. The number of aryl methyl sites for hydroxylation is 1. The molecule has 0 aliphatic heterocycles. The van der Waals surface area contributed by atoms with Crippen molar-refractivity contribution in [2.45, 2.75) is 284 Å². The number of hydrogen-bond donors (Lipinski definition) is 6. The summed E-state index contributed by atoms with van der Waals surface area (Å²) in [6.45, 7) is 4.63. The van der Waals surface area contributed by atoms with Gasteiger partial charge in [-0.25, -0.2) is 0 Å². The van der Waals surface area contributed by atoms with E-state index in [1.54, 1.807) is 101 Å². The van der Waals surface area contributed by atoms with Crippen molar-refractivity contribution in [2.24, 2.45) is 53.3 Å². The molecule has 17 rings (SSSR count). The van der Waals surface area contributed by atoms with Gasteiger partial charge in [-0.15, -0.1) is 0 Å². The first-order valence-corrected chi connectivity index (χ1v) is 46.2. The Bertz CT molecular complexity index is 4200. The van der Waals surface area contributed by atoms with E-state index in [0.717, 1.165) is 42.4 Å². The minimum absolute atomic E-state index is 0. The molecule has 121 heavy (non-hydrogen) atoms. The zero-order valence-corrected chi connectivity index (χ0v) is 78.0. The normalized spacial score (nSPS) is 18.7. The maximum absolute atomic E-state index is 9.85. The summed E-state index contributed by atoms with van der Waals surface area (Å²) >= 11 is 0. The smallest absolute Gasteiger partial charge is 0.508 e. The summed E-state index contributed by atoms with van der Waals surface area (Å²) in [6, 6.07) is 66.3. The predicted molar refractivity (Wildman–Crippen MR) is 494 cm³/mol. The van der Waals surface area contributed by atoms with Crippen LogP contribution in [0.25, 0.3) is 22.3 Å². The van der Waals surface area contributed by atoms with Gasteiger partial charge in [0.25, 0.3) is 0 Å². The quantitative estimate of drug-likeness (QED) is 0.0228. The number of rotatable bonds is 22. The number of fused-ring (bicyclic) bond motifs is 1. The molecule has 0 heterocycles. The number of phenols is 6. The summed E-state index contributed by atoms with van der Waals surface area (Å²) in [4.78, 5) is 0. The Hall–Kier alpha value is -6.40. The van der Waals surface area contributed by atoms with Crippen LogP contribution >= 0.6 is 0 Å². The standard InChI is InChI=1S/C28H36O2.C27H34O2.C27H34.C22H24O2.C5H10.2CH3.4Fe/c29-25-17-13-23(14-18-25)28(24-15-19-26(30)20-16-24)27(22-10-4-5-11-22)12-6-3-9-21-7-1-2-8-21;1-19(18-20-6-2-3-7-20)26(21-8-4-5-9-21)27(22-10-14-24(28)15-11-22)23-12-16-25(29)17-13-23;1-21-15-18-25(19-16-21)27(24-13-3-2-4-14-24)26(23-11-7-8-12-23)20-17-22-9-5-6-10-22;23-18-11-7-16(8-12-18)22(17-9-13-19(24)14-10-17)21-6-2-4-15-3-1-5-20(15)21;1-2-4-5-3-1;;;;;;/h13-22,29-30H,1-12H2;10-17,19-21,28-29H,2-9,18H2,1H3;2-4,13-16,18-19,22-23H,5-12,17,20H2,1H3;7-15,20,23-24H,1-6H2;1-5H2;2*1H3;;;;/q;;;;;2*-1;;;;+2.